The Morgan fingerprint density at radius 2 is 1.18 bits per heavy atom. The van der Waals surface area contributed by atoms with Gasteiger partial charge in [-0.2, -0.15) is 0 Å². The molecule has 0 saturated carbocycles. The predicted molar refractivity (Wildman–Crippen MR) is 298 cm³/mol. The topological polar surface area (TPSA) is 201 Å². The molecule has 2 heterocycles. The van der Waals surface area contributed by atoms with Gasteiger partial charge >= 0.3 is 0 Å². The van der Waals surface area contributed by atoms with Crippen LogP contribution >= 0.6 is 0 Å². The molecule has 3 aliphatic rings. The van der Waals surface area contributed by atoms with Crippen LogP contribution in [0.3, 0.4) is 0 Å². The quantitative estimate of drug-likeness (QED) is 0.0745. The highest BCUT2D eigenvalue weighted by molar-refractivity contribution is 5.97. The Morgan fingerprint density at radius 3 is 1.77 bits per heavy atom. The number of hydrogen-bond acceptors (Lipinski definition) is 9. The normalized spacial score (nSPS) is 20.2. The molecule has 1 aliphatic carbocycles. The zero-order chi connectivity index (χ0) is 55.9. The molecule has 6 N–H and O–H groups in total. The molecular weight excluding hydrogens is 971 g/mol. The van der Waals surface area contributed by atoms with Gasteiger partial charge in [0.25, 0.3) is 5.91 Å². The SMILES string of the molecule is CN[C@@H](C)C(=O)N[C@H](C(=O)N1C[C@@H](NC(=O)c2ccc(CN(C(=O)[C@@H]3Cc4ccccc4CN3C(=O)[C@@H](NC(=O)[C@H](C)NC)C(C)(C)C)[C@H](C)c3ccccc3)cc2)C[C@H]1C(=O)N[C@@H]1CCCc2ccccc21)C(C)(C)C. The molecule has 4 aromatic rings. The van der Waals surface area contributed by atoms with Crippen LogP contribution in [-0.4, -0.2) is 119 Å². The minimum atomic E-state index is -0.965. The lowest BCUT2D eigenvalue weighted by Gasteiger charge is -2.43. The summed E-state index contributed by atoms with van der Waals surface area (Å²) in [7, 11) is 3.35. The minimum Gasteiger partial charge on any atom is -0.347 e. The summed E-state index contributed by atoms with van der Waals surface area (Å²) < 4.78 is 0. The molecular formula is C61H81N9O7. The predicted octanol–water partition coefficient (Wildman–Crippen LogP) is 5.90. The first-order valence-electron chi connectivity index (χ1n) is 27.3. The molecule has 77 heavy (non-hydrogen) atoms. The van der Waals surface area contributed by atoms with Crippen LogP contribution in [0.2, 0.25) is 0 Å². The van der Waals surface area contributed by atoms with Gasteiger partial charge in [0.1, 0.15) is 24.2 Å². The van der Waals surface area contributed by atoms with Gasteiger partial charge in [-0.15, -0.1) is 0 Å². The molecule has 2 aliphatic heterocycles. The molecule has 0 unspecified atom stereocenters. The molecule has 1 saturated heterocycles. The van der Waals surface area contributed by atoms with Crippen molar-refractivity contribution in [1.82, 2.24) is 46.6 Å². The molecule has 16 nitrogen and oxygen atoms in total. The summed E-state index contributed by atoms with van der Waals surface area (Å²) in [5, 5.41) is 18.2. The monoisotopic (exact) mass is 1050 g/mol. The van der Waals surface area contributed by atoms with E-state index in [0.717, 1.165) is 47.1 Å². The zero-order valence-electron chi connectivity index (χ0n) is 46.9. The number of fused-ring (bicyclic) bond motifs is 2. The third-order valence-corrected chi connectivity index (χ3v) is 15.8. The Balaban J connectivity index is 1.14. The lowest BCUT2D eigenvalue weighted by molar-refractivity contribution is -0.152. The Bertz CT molecular complexity index is 2770. The molecule has 0 aromatic heterocycles. The molecule has 16 heteroatoms. The number of hydrogen-bond donors (Lipinski definition) is 6. The van der Waals surface area contributed by atoms with Gasteiger partial charge in [-0.05, 0) is 117 Å². The highest BCUT2D eigenvalue weighted by Crippen LogP contribution is 2.34. The first-order chi connectivity index (χ1) is 36.5. The van der Waals surface area contributed by atoms with Gasteiger partial charge in [-0.3, -0.25) is 33.6 Å². The average molecular weight is 1050 g/mol. The number of aryl methyl sites for hydroxylation is 1. The smallest absolute Gasteiger partial charge is 0.251 e. The van der Waals surface area contributed by atoms with E-state index in [1.54, 1.807) is 49.9 Å². The summed E-state index contributed by atoms with van der Waals surface area (Å²) in [6.07, 6.45) is 3.01. The zero-order valence-corrected chi connectivity index (χ0v) is 46.9. The van der Waals surface area contributed by atoms with Gasteiger partial charge in [0.2, 0.25) is 35.4 Å². The van der Waals surface area contributed by atoms with E-state index >= 15 is 4.79 Å². The maximum Gasteiger partial charge on any atom is 0.251 e. The Labute approximate surface area is 455 Å². The number of likely N-dealkylation sites (N-methyl/N-ethyl adjacent to an activating group) is 2. The van der Waals surface area contributed by atoms with Crippen LogP contribution in [0.15, 0.2) is 103 Å². The minimum absolute atomic E-state index is 0.0452. The van der Waals surface area contributed by atoms with Crippen molar-refractivity contribution < 1.29 is 33.6 Å². The van der Waals surface area contributed by atoms with Crippen LogP contribution in [0.4, 0.5) is 0 Å². The number of benzene rings is 4. The fourth-order valence-corrected chi connectivity index (χ4v) is 10.7. The van der Waals surface area contributed by atoms with Crippen molar-refractivity contribution >= 4 is 41.4 Å². The second kappa shape index (κ2) is 24.6. The summed E-state index contributed by atoms with van der Waals surface area (Å²) >= 11 is 0. The van der Waals surface area contributed by atoms with E-state index in [0.29, 0.717) is 5.56 Å². The van der Waals surface area contributed by atoms with E-state index < -0.39 is 71.0 Å². The van der Waals surface area contributed by atoms with Gasteiger partial charge in [-0.25, -0.2) is 0 Å². The maximum atomic E-state index is 15.5. The Hall–Kier alpha value is -6.91. The summed E-state index contributed by atoms with van der Waals surface area (Å²) in [4.78, 5) is 105. The van der Waals surface area contributed by atoms with Crippen LogP contribution in [-0.2, 0) is 54.7 Å². The van der Waals surface area contributed by atoms with Crippen molar-refractivity contribution in [2.45, 2.75) is 162 Å². The lowest BCUT2D eigenvalue weighted by Crippen LogP contribution is -2.62. The fourth-order valence-electron chi connectivity index (χ4n) is 10.7. The van der Waals surface area contributed by atoms with Gasteiger partial charge in [-0.1, -0.05) is 133 Å². The molecule has 7 rings (SSSR count). The van der Waals surface area contributed by atoms with Gasteiger partial charge in [0.15, 0.2) is 0 Å². The van der Waals surface area contributed by atoms with E-state index in [9.17, 15) is 28.8 Å². The van der Waals surface area contributed by atoms with Crippen molar-refractivity contribution in [2.75, 3.05) is 20.6 Å². The standard InChI is InChI=1S/C61H81N9O7/c1-37(62-10)53(71)66-51(60(4,5)6)58(76)69-35-45-24-16-15-23-44(45)32-50(69)57(75)68(39(3)41-20-13-12-14-21-41)34-40-28-30-43(31-29-40)55(73)64-46-33-49(56(74)65-48-27-19-25-42-22-17-18-26-47(42)48)70(36-46)59(77)52(61(7,8)9)67-54(72)38(2)63-11/h12-18,20-24,26,28-31,37-39,46,48-52,62-63H,19,25,27,32-36H2,1-11H3,(H,64,73)(H,65,74)(H,66,71)(H,67,72)/t37-,38-,39+,46-,48+,49-,50-,51+,52+/m0/s1. The summed E-state index contributed by atoms with van der Waals surface area (Å²) in [5.41, 5.74) is 4.72. The van der Waals surface area contributed by atoms with Crippen LogP contribution in [0.1, 0.15) is 137 Å². The van der Waals surface area contributed by atoms with Crippen molar-refractivity contribution in [1.29, 1.82) is 0 Å². The number of likely N-dealkylation sites (tertiary alicyclic amines) is 1. The van der Waals surface area contributed by atoms with E-state index in [2.05, 4.69) is 38.0 Å². The number of nitrogens with one attached hydrogen (secondary N) is 6. The summed E-state index contributed by atoms with van der Waals surface area (Å²) in [6, 6.07) is 26.5. The molecule has 0 spiro atoms. The van der Waals surface area contributed by atoms with Crippen molar-refractivity contribution in [2.24, 2.45) is 10.8 Å². The lowest BCUT2D eigenvalue weighted by atomic mass is 9.84. The third-order valence-electron chi connectivity index (χ3n) is 15.8. The largest absolute Gasteiger partial charge is 0.347 e. The van der Waals surface area contributed by atoms with Gasteiger partial charge < -0.3 is 46.6 Å². The van der Waals surface area contributed by atoms with E-state index in [1.165, 1.54) is 10.5 Å². The van der Waals surface area contributed by atoms with Gasteiger partial charge in [0.05, 0.1) is 24.2 Å². The fraction of sp³-hybridized carbons (Fsp3) is 0.492. The molecule has 0 radical (unpaired) electrons. The molecule has 412 valence electrons. The first-order valence-corrected chi connectivity index (χ1v) is 27.3. The van der Waals surface area contributed by atoms with E-state index in [4.69, 9.17) is 0 Å². The number of carbonyl (C=O) groups excluding carboxylic acids is 7. The number of amides is 7. The highest BCUT2D eigenvalue weighted by Gasteiger charge is 2.47. The van der Waals surface area contributed by atoms with E-state index in [-0.39, 0.29) is 68.1 Å². The van der Waals surface area contributed by atoms with Crippen LogP contribution < -0.4 is 31.9 Å². The van der Waals surface area contributed by atoms with Crippen LogP contribution in [0.5, 0.6) is 0 Å². The van der Waals surface area contributed by atoms with Crippen LogP contribution in [0.25, 0.3) is 0 Å². The molecule has 0 bridgehead atoms. The molecule has 4 aromatic carbocycles. The van der Waals surface area contributed by atoms with Crippen molar-refractivity contribution in [3.05, 3.63) is 142 Å². The summed E-state index contributed by atoms with van der Waals surface area (Å²) in [6.45, 7) is 17.1. The van der Waals surface area contributed by atoms with E-state index in [1.807, 2.05) is 133 Å². The number of nitrogens with zero attached hydrogens (tertiary/aromatic N) is 3. The van der Waals surface area contributed by atoms with Crippen molar-refractivity contribution in [3.63, 3.8) is 0 Å². The summed E-state index contributed by atoms with van der Waals surface area (Å²) in [5.74, 6) is -2.40. The first kappa shape index (κ1) is 57.8. The highest BCUT2D eigenvalue weighted by atomic mass is 16.2. The number of carbonyl (C=O) groups is 7. The molecule has 7 amide bonds. The number of rotatable bonds is 17. The van der Waals surface area contributed by atoms with Gasteiger partial charge in [0, 0.05) is 37.7 Å². The van der Waals surface area contributed by atoms with Crippen LogP contribution in [0, 0.1) is 10.8 Å². The third kappa shape index (κ3) is 13.6. The average Bonchev–Trinajstić information content (AvgIpc) is 3.87. The van der Waals surface area contributed by atoms with Crippen molar-refractivity contribution in [3.8, 4) is 0 Å². The maximum absolute atomic E-state index is 15.5. The Kier molecular flexibility index (Phi) is 18.5. The second-order valence-corrected chi connectivity index (χ2v) is 23.4. The molecule has 1 fully saturated rings. The second-order valence-electron chi connectivity index (χ2n) is 23.4. The molecule has 9 atom stereocenters. The Morgan fingerprint density at radius 1 is 0.636 bits per heavy atom.